The zero-order valence-electron chi connectivity index (χ0n) is 10.2. The van der Waals surface area contributed by atoms with Crippen molar-refractivity contribution in [3.8, 4) is 0 Å². The Hall–Kier alpha value is -0.930. The molecule has 3 nitrogen and oxygen atoms in total. The summed E-state index contributed by atoms with van der Waals surface area (Å²) in [5, 5.41) is 0. The average Bonchev–Trinajstić information content (AvgIpc) is 2.35. The van der Waals surface area contributed by atoms with E-state index in [9.17, 15) is 0 Å². The lowest BCUT2D eigenvalue weighted by Crippen LogP contribution is -2.35. The minimum Gasteiger partial charge on any atom is -0.271 e. The SMILES string of the molecule is CCCCCC(CCc1cccnc1)NN. The molecule has 0 aromatic carbocycles. The summed E-state index contributed by atoms with van der Waals surface area (Å²) in [4.78, 5) is 4.11. The van der Waals surface area contributed by atoms with Crippen LogP contribution >= 0.6 is 0 Å². The first-order chi connectivity index (χ1) is 7.86. The van der Waals surface area contributed by atoms with E-state index in [-0.39, 0.29) is 0 Å². The topological polar surface area (TPSA) is 50.9 Å². The van der Waals surface area contributed by atoms with E-state index >= 15 is 0 Å². The Morgan fingerprint density at radius 1 is 1.38 bits per heavy atom. The van der Waals surface area contributed by atoms with Gasteiger partial charge in [0.1, 0.15) is 0 Å². The summed E-state index contributed by atoms with van der Waals surface area (Å²) in [6, 6.07) is 4.54. The maximum absolute atomic E-state index is 5.55. The van der Waals surface area contributed by atoms with Gasteiger partial charge in [-0.05, 0) is 30.9 Å². The fourth-order valence-corrected chi connectivity index (χ4v) is 1.84. The predicted molar refractivity (Wildman–Crippen MR) is 67.8 cm³/mol. The Balaban J connectivity index is 2.23. The number of unbranched alkanes of at least 4 members (excludes halogenated alkanes) is 2. The van der Waals surface area contributed by atoms with Gasteiger partial charge in [0.2, 0.25) is 0 Å². The summed E-state index contributed by atoms with van der Waals surface area (Å²) < 4.78 is 0. The molecule has 3 heteroatoms. The van der Waals surface area contributed by atoms with Crippen LogP contribution in [0, 0.1) is 0 Å². The van der Waals surface area contributed by atoms with Crippen molar-refractivity contribution in [3.63, 3.8) is 0 Å². The van der Waals surface area contributed by atoms with E-state index in [4.69, 9.17) is 5.84 Å². The lowest BCUT2D eigenvalue weighted by Gasteiger charge is -2.15. The van der Waals surface area contributed by atoms with Crippen LogP contribution < -0.4 is 11.3 Å². The number of nitrogens with one attached hydrogen (secondary N) is 1. The number of hydrogen-bond donors (Lipinski definition) is 2. The van der Waals surface area contributed by atoms with Crippen molar-refractivity contribution in [1.29, 1.82) is 0 Å². The molecule has 1 rings (SSSR count). The highest BCUT2D eigenvalue weighted by Gasteiger charge is 2.06. The van der Waals surface area contributed by atoms with Crippen LogP contribution in [0.3, 0.4) is 0 Å². The summed E-state index contributed by atoms with van der Waals surface area (Å²) in [7, 11) is 0. The lowest BCUT2D eigenvalue weighted by molar-refractivity contribution is 0.443. The molecule has 1 unspecified atom stereocenters. The van der Waals surface area contributed by atoms with Crippen molar-refractivity contribution in [2.45, 2.75) is 51.5 Å². The molecule has 1 atom stereocenters. The van der Waals surface area contributed by atoms with Crippen molar-refractivity contribution >= 4 is 0 Å². The molecule has 0 aliphatic rings. The Bertz CT molecular complexity index is 261. The highest BCUT2D eigenvalue weighted by atomic mass is 15.2. The van der Waals surface area contributed by atoms with E-state index < -0.39 is 0 Å². The average molecular weight is 221 g/mol. The van der Waals surface area contributed by atoms with Gasteiger partial charge < -0.3 is 0 Å². The zero-order valence-corrected chi connectivity index (χ0v) is 10.2. The maximum atomic E-state index is 5.55. The summed E-state index contributed by atoms with van der Waals surface area (Å²) in [6.45, 7) is 2.22. The Morgan fingerprint density at radius 3 is 2.88 bits per heavy atom. The molecule has 1 heterocycles. The molecule has 0 saturated heterocycles. The van der Waals surface area contributed by atoms with Crippen LogP contribution in [0.2, 0.25) is 0 Å². The van der Waals surface area contributed by atoms with Crippen molar-refractivity contribution in [3.05, 3.63) is 30.1 Å². The van der Waals surface area contributed by atoms with Crippen molar-refractivity contribution in [1.82, 2.24) is 10.4 Å². The zero-order chi connectivity index (χ0) is 11.6. The third kappa shape index (κ3) is 5.24. The number of nitrogens with two attached hydrogens (primary N) is 1. The second kappa shape index (κ2) is 8.25. The largest absolute Gasteiger partial charge is 0.271 e. The normalized spacial score (nSPS) is 12.6. The van der Waals surface area contributed by atoms with E-state index in [0.717, 1.165) is 12.8 Å². The van der Waals surface area contributed by atoms with Gasteiger partial charge in [0, 0.05) is 18.4 Å². The second-order valence-electron chi connectivity index (χ2n) is 4.26. The first-order valence-corrected chi connectivity index (χ1v) is 6.21. The number of hydrazine groups is 1. The van der Waals surface area contributed by atoms with Gasteiger partial charge >= 0.3 is 0 Å². The third-order valence-corrected chi connectivity index (χ3v) is 2.90. The second-order valence-corrected chi connectivity index (χ2v) is 4.26. The molecule has 1 aromatic rings. The van der Waals surface area contributed by atoms with Crippen LogP contribution in [0.4, 0.5) is 0 Å². The lowest BCUT2D eigenvalue weighted by atomic mass is 10.0. The van der Waals surface area contributed by atoms with E-state index in [1.165, 1.54) is 31.2 Å². The Labute approximate surface area is 98.4 Å². The van der Waals surface area contributed by atoms with Crippen molar-refractivity contribution < 1.29 is 0 Å². The molecule has 0 spiro atoms. The first kappa shape index (κ1) is 13.1. The molecule has 0 aliphatic carbocycles. The van der Waals surface area contributed by atoms with E-state index in [1.807, 2.05) is 18.5 Å². The van der Waals surface area contributed by atoms with Gasteiger partial charge in [-0.1, -0.05) is 32.3 Å². The monoisotopic (exact) mass is 221 g/mol. The van der Waals surface area contributed by atoms with Crippen LogP contribution in [0.5, 0.6) is 0 Å². The number of hydrogen-bond acceptors (Lipinski definition) is 3. The number of rotatable bonds is 8. The summed E-state index contributed by atoms with van der Waals surface area (Å²) in [5.74, 6) is 5.55. The number of aromatic nitrogens is 1. The molecule has 3 N–H and O–H groups in total. The maximum Gasteiger partial charge on any atom is 0.0299 e. The van der Waals surface area contributed by atoms with Gasteiger partial charge in [0.05, 0.1) is 0 Å². The summed E-state index contributed by atoms with van der Waals surface area (Å²) >= 11 is 0. The van der Waals surface area contributed by atoms with Gasteiger partial charge in [-0.15, -0.1) is 0 Å². The van der Waals surface area contributed by atoms with Gasteiger partial charge in [-0.3, -0.25) is 16.3 Å². The minimum atomic E-state index is 0.437. The summed E-state index contributed by atoms with van der Waals surface area (Å²) in [5.41, 5.74) is 4.20. The van der Waals surface area contributed by atoms with E-state index in [1.54, 1.807) is 0 Å². The quantitative estimate of drug-likeness (QED) is 0.403. The van der Waals surface area contributed by atoms with Crippen LogP contribution in [0.25, 0.3) is 0 Å². The van der Waals surface area contributed by atoms with Gasteiger partial charge in [0.25, 0.3) is 0 Å². The van der Waals surface area contributed by atoms with E-state index in [0.29, 0.717) is 6.04 Å². The predicted octanol–water partition coefficient (Wildman–Crippen LogP) is 2.43. The fraction of sp³-hybridized carbons (Fsp3) is 0.615. The van der Waals surface area contributed by atoms with Gasteiger partial charge in [0.15, 0.2) is 0 Å². The molecule has 16 heavy (non-hydrogen) atoms. The Morgan fingerprint density at radius 2 is 2.25 bits per heavy atom. The molecule has 0 aliphatic heterocycles. The molecular formula is C13H23N3. The highest BCUT2D eigenvalue weighted by molar-refractivity contribution is 5.08. The number of aryl methyl sites for hydroxylation is 1. The van der Waals surface area contributed by atoms with Gasteiger partial charge in [-0.2, -0.15) is 0 Å². The Kier molecular flexibility index (Phi) is 6.77. The van der Waals surface area contributed by atoms with Crippen LogP contribution in [-0.2, 0) is 6.42 Å². The summed E-state index contributed by atoms with van der Waals surface area (Å²) in [6.07, 6.45) is 10.9. The van der Waals surface area contributed by atoms with E-state index in [2.05, 4.69) is 23.4 Å². The number of pyridine rings is 1. The van der Waals surface area contributed by atoms with Crippen molar-refractivity contribution in [2.24, 2.45) is 5.84 Å². The molecule has 0 saturated carbocycles. The highest BCUT2D eigenvalue weighted by Crippen LogP contribution is 2.09. The molecule has 0 bridgehead atoms. The fourth-order valence-electron chi connectivity index (χ4n) is 1.84. The van der Waals surface area contributed by atoms with Crippen LogP contribution in [0.1, 0.15) is 44.6 Å². The van der Waals surface area contributed by atoms with Crippen molar-refractivity contribution in [2.75, 3.05) is 0 Å². The molecule has 0 fully saturated rings. The smallest absolute Gasteiger partial charge is 0.0299 e. The minimum absolute atomic E-state index is 0.437. The molecule has 1 aromatic heterocycles. The van der Waals surface area contributed by atoms with Crippen LogP contribution in [-0.4, -0.2) is 11.0 Å². The molecule has 0 radical (unpaired) electrons. The standard InChI is InChI=1S/C13H23N3/c1-2-3-4-7-13(16-14)9-8-12-6-5-10-15-11-12/h5-6,10-11,13,16H,2-4,7-9,14H2,1H3. The third-order valence-electron chi connectivity index (χ3n) is 2.90. The molecule has 0 amide bonds. The number of nitrogens with zero attached hydrogens (tertiary/aromatic N) is 1. The van der Waals surface area contributed by atoms with Gasteiger partial charge in [-0.25, -0.2) is 0 Å². The first-order valence-electron chi connectivity index (χ1n) is 6.21. The molecular weight excluding hydrogens is 198 g/mol. The molecule has 90 valence electrons. The van der Waals surface area contributed by atoms with Crippen LogP contribution in [0.15, 0.2) is 24.5 Å².